The highest BCUT2D eigenvalue weighted by Gasteiger charge is 2.43. The summed E-state index contributed by atoms with van der Waals surface area (Å²) in [4.78, 5) is 12.0. The SMILES string of the molecule is CCCCCc1ccc(S(=O)(=O)N2C[C@@H](N)C[C@@H]2C(=O)OC)cc1. The van der Waals surface area contributed by atoms with Crippen LogP contribution in [0.2, 0.25) is 0 Å². The second-order valence-corrected chi connectivity index (χ2v) is 8.10. The molecule has 2 N–H and O–H groups in total. The Hall–Kier alpha value is -1.44. The summed E-state index contributed by atoms with van der Waals surface area (Å²) in [6.07, 6.45) is 4.62. The first kappa shape index (κ1) is 18.9. The van der Waals surface area contributed by atoms with E-state index in [1.54, 1.807) is 12.1 Å². The first-order chi connectivity index (χ1) is 11.4. The van der Waals surface area contributed by atoms with Crippen molar-refractivity contribution < 1.29 is 17.9 Å². The van der Waals surface area contributed by atoms with Crippen molar-refractivity contribution in [2.75, 3.05) is 13.7 Å². The van der Waals surface area contributed by atoms with E-state index in [0.717, 1.165) is 35.6 Å². The van der Waals surface area contributed by atoms with Crippen LogP contribution in [-0.4, -0.2) is 44.4 Å². The van der Waals surface area contributed by atoms with Gasteiger partial charge in [0.2, 0.25) is 10.0 Å². The van der Waals surface area contributed by atoms with Crippen molar-refractivity contribution in [3.05, 3.63) is 29.8 Å². The van der Waals surface area contributed by atoms with Crippen LogP contribution in [-0.2, 0) is 26.0 Å². The van der Waals surface area contributed by atoms with Crippen molar-refractivity contribution >= 4 is 16.0 Å². The fourth-order valence-electron chi connectivity index (χ4n) is 3.00. The van der Waals surface area contributed by atoms with E-state index in [9.17, 15) is 13.2 Å². The molecule has 6 nitrogen and oxygen atoms in total. The monoisotopic (exact) mass is 354 g/mol. The lowest BCUT2D eigenvalue weighted by Gasteiger charge is -2.22. The molecule has 134 valence electrons. The number of ether oxygens (including phenoxy) is 1. The molecule has 1 aromatic carbocycles. The quantitative estimate of drug-likeness (QED) is 0.594. The Balaban J connectivity index is 2.18. The lowest BCUT2D eigenvalue weighted by molar-refractivity contribution is -0.144. The number of nitrogens with two attached hydrogens (primary N) is 1. The Morgan fingerprint density at radius 3 is 2.54 bits per heavy atom. The molecule has 1 saturated heterocycles. The number of methoxy groups -OCH3 is 1. The number of esters is 1. The molecule has 1 aliphatic rings. The van der Waals surface area contributed by atoms with Crippen molar-refractivity contribution in [1.29, 1.82) is 0 Å². The number of carbonyl (C=O) groups excluding carboxylic acids is 1. The zero-order valence-corrected chi connectivity index (χ0v) is 15.1. The number of unbranched alkanes of at least 4 members (excludes halogenated alkanes) is 2. The average molecular weight is 354 g/mol. The maximum Gasteiger partial charge on any atom is 0.324 e. The summed E-state index contributed by atoms with van der Waals surface area (Å²) in [6, 6.07) is 5.68. The third kappa shape index (κ3) is 4.15. The largest absolute Gasteiger partial charge is 0.468 e. The van der Waals surface area contributed by atoms with Crippen LogP contribution in [0.25, 0.3) is 0 Å². The minimum Gasteiger partial charge on any atom is -0.468 e. The third-order valence-corrected chi connectivity index (χ3v) is 6.25. The molecule has 0 bridgehead atoms. The lowest BCUT2D eigenvalue weighted by atomic mass is 10.1. The second-order valence-electron chi connectivity index (χ2n) is 6.21. The molecular formula is C17H26N2O4S. The van der Waals surface area contributed by atoms with E-state index in [4.69, 9.17) is 10.5 Å². The van der Waals surface area contributed by atoms with Gasteiger partial charge in [0.25, 0.3) is 0 Å². The van der Waals surface area contributed by atoms with E-state index in [0.29, 0.717) is 0 Å². The van der Waals surface area contributed by atoms with Gasteiger partial charge in [-0.25, -0.2) is 8.42 Å². The summed E-state index contributed by atoms with van der Waals surface area (Å²) in [6.45, 7) is 2.27. The van der Waals surface area contributed by atoms with Gasteiger partial charge in [0.05, 0.1) is 12.0 Å². The van der Waals surface area contributed by atoms with Crippen molar-refractivity contribution in [1.82, 2.24) is 4.31 Å². The van der Waals surface area contributed by atoms with Crippen LogP contribution in [0.15, 0.2) is 29.2 Å². The first-order valence-corrected chi connectivity index (χ1v) is 9.78. The van der Waals surface area contributed by atoms with E-state index >= 15 is 0 Å². The number of sulfonamides is 1. The Bertz CT molecular complexity index is 658. The Labute approximate surface area is 144 Å². The summed E-state index contributed by atoms with van der Waals surface area (Å²) in [5.74, 6) is -0.567. The number of hydrogen-bond acceptors (Lipinski definition) is 5. The smallest absolute Gasteiger partial charge is 0.324 e. The topological polar surface area (TPSA) is 89.7 Å². The highest BCUT2D eigenvalue weighted by molar-refractivity contribution is 7.89. The van der Waals surface area contributed by atoms with Gasteiger partial charge in [0, 0.05) is 12.6 Å². The van der Waals surface area contributed by atoms with Crippen molar-refractivity contribution in [2.24, 2.45) is 5.73 Å². The molecule has 0 saturated carbocycles. The molecule has 24 heavy (non-hydrogen) atoms. The molecule has 0 spiro atoms. The molecule has 0 aliphatic carbocycles. The molecule has 0 amide bonds. The zero-order valence-electron chi connectivity index (χ0n) is 14.3. The third-order valence-electron chi connectivity index (χ3n) is 4.36. The second kappa shape index (κ2) is 8.09. The highest BCUT2D eigenvalue weighted by atomic mass is 32.2. The maximum absolute atomic E-state index is 12.8. The van der Waals surface area contributed by atoms with Crippen LogP contribution in [0.1, 0.15) is 38.2 Å². The van der Waals surface area contributed by atoms with E-state index in [2.05, 4.69) is 6.92 Å². The number of aryl methyl sites for hydroxylation is 1. The number of benzene rings is 1. The van der Waals surface area contributed by atoms with Crippen LogP contribution in [0.5, 0.6) is 0 Å². The van der Waals surface area contributed by atoms with Gasteiger partial charge in [0.15, 0.2) is 0 Å². The molecule has 7 heteroatoms. The molecule has 2 rings (SSSR count). The molecular weight excluding hydrogens is 328 g/mol. The maximum atomic E-state index is 12.8. The van der Waals surface area contributed by atoms with Crippen LogP contribution in [0, 0.1) is 0 Å². The number of hydrogen-bond donors (Lipinski definition) is 1. The van der Waals surface area contributed by atoms with Gasteiger partial charge < -0.3 is 10.5 Å². The Morgan fingerprint density at radius 1 is 1.29 bits per heavy atom. The fraction of sp³-hybridized carbons (Fsp3) is 0.588. The lowest BCUT2D eigenvalue weighted by Crippen LogP contribution is -2.41. The van der Waals surface area contributed by atoms with Gasteiger partial charge in [-0.1, -0.05) is 31.9 Å². The van der Waals surface area contributed by atoms with E-state index in [1.807, 2.05) is 12.1 Å². The summed E-state index contributed by atoms with van der Waals surface area (Å²) in [5, 5.41) is 0. The van der Waals surface area contributed by atoms with Gasteiger partial charge in [-0.2, -0.15) is 4.31 Å². The Kier molecular flexibility index (Phi) is 6.37. The number of carbonyl (C=O) groups is 1. The minimum atomic E-state index is -3.77. The van der Waals surface area contributed by atoms with E-state index < -0.39 is 22.0 Å². The summed E-state index contributed by atoms with van der Waals surface area (Å²) in [5.41, 5.74) is 6.98. The fourth-order valence-corrected chi connectivity index (χ4v) is 4.64. The van der Waals surface area contributed by atoms with Gasteiger partial charge in [0.1, 0.15) is 6.04 Å². The standard InChI is InChI=1S/C17H26N2O4S/c1-3-4-5-6-13-7-9-15(10-8-13)24(21,22)19-12-14(18)11-16(19)17(20)23-2/h7-10,14,16H,3-6,11-12,18H2,1-2H3/t14-,16+/m0/s1. The first-order valence-electron chi connectivity index (χ1n) is 8.34. The van der Waals surface area contributed by atoms with Crippen LogP contribution >= 0.6 is 0 Å². The van der Waals surface area contributed by atoms with Crippen LogP contribution < -0.4 is 5.73 Å². The van der Waals surface area contributed by atoms with Gasteiger partial charge in [-0.15, -0.1) is 0 Å². The molecule has 1 heterocycles. The molecule has 0 aromatic heterocycles. The van der Waals surface area contributed by atoms with Crippen molar-refractivity contribution in [2.45, 2.75) is 56.0 Å². The summed E-state index contributed by atoms with van der Waals surface area (Å²) >= 11 is 0. The van der Waals surface area contributed by atoms with Gasteiger partial charge in [-0.3, -0.25) is 4.79 Å². The minimum absolute atomic E-state index is 0.125. The van der Waals surface area contributed by atoms with Crippen molar-refractivity contribution in [3.63, 3.8) is 0 Å². The normalized spacial score (nSPS) is 21.8. The average Bonchev–Trinajstić information content (AvgIpc) is 2.97. The van der Waals surface area contributed by atoms with E-state index in [1.165, 1.54) is 7.11 Å². The van der Waals surface area contributed by atoms with Crippen molar-refractivity contribution in [3.8, 4) is 0 Å². The van der Waals surface area contributed by atoms with E-state index in [-0.39, 0.29) is 23.9 Å². The van der Waals surface area contributed by atoms with Gasteiger partial charge >= 0.3 is 5.97 Å². The molecule has 0 radical (unpaired) electrons. The zero-order chi connectivity index (χ0) is 17.7. The summed E-state index contributed by atoms with van der Waals surface area (Å²) in [7, 11) is -2.51. The predicted molar refractivity (Wildman–Crippen MR) is 92.0 cm³/mol. The van der Waals surface area contributed by atoms with Crippen LogP contribution in [0.4, 0.5) is 0 Å². The molecule has 1 aliphatic heterocycles. The molecule has 2 atom stereocenters. The predicted octanol–water partition coefficient (Wildman–Crippen LogP) is 1.68. The van der Waals surface area contributed by atoms with Crippen LogP contribution in [0.3, 0.4) is 0 Å². The Morgan fingerprint density at radius 2 is 1.96 bits per heavy atom. The van der Waals surface area contributed by atoms with Gasteiger partial charge in [-0.05, 0) is 37.0 Å². The number of rotatable bonds is 7. The molecule has 0 unspecified atom stereocenters. The molecule has 1 aromatic rings. The highest BCUT2D eigenvalue weighted by Crippen LogP contribution is 2.26. The summed E-state index contributed by atoms with van der Waals surface area (Å²) < 4.78 is 31.6. The number of nitrogens with zero attached hydrogens (tertiary/aromatic N) is 1. The molecule has 1 fully saturated rings.